The predicted molar refractivity (Wildman–Crippen MR) is 131 cm³/mol. The minimum Gasteiger partial charge on any atom is -0.306 e. The molecule has 1 heterocycles. The quantitative estimate of drug-likeness (QED) is 0.557. The maximum absolute atomic E-state index is 13.5. The molecule has 11 heteroatoms. The second-order valence-electron chi connectivity index (χ2n) is 8.19. The van der Waals surface area contributed by atoms with Gasteiger partial charge in [-0.3, -0.25) is 0 Å². The number of anilines is 1. The number of urea groups is 1. The van der Waals surface area contributed by atoms with E-state index in [1.54, 1.807) is 24.3 Å². The van der Waals surface area contributed by atoms with Gasteiger partial charge < -0.3 is 5.32 Å². The first-order valence-electron chi connectivity index (χ1n) is 10.4. The number of hydrogen-bond donors (Lipinski definition) is 1. The molecule has 0 bridgehead atoms. The minimum atomic E-state index is -3.37. The molecule has 0 saturated carbocycles. The summed E-state index contributed by atoms with van der Waals surface area (Å²) in [5, 5.41) is 8.40. The van der Waals surface area contributed by atoms with Crippen LogP contribution in [0, 0.1) is 5.82 Å². The van der Waals surface area contributed by atoms with Crippen LogP contribution in [0.5, 0.6) is 0 Å². The lowest BCUT2D eigenvalue weighted by Gasteiger charge is -2.16. The molecule has 3 aromatic carbocycles. The molecule has 1 unspecified atom stereocenters. The zero-order valence-electron chi connectivity index (χ0n) is 18.8. The van der Waals surface area contributed by atoms with Gasteiger partial charge in [-0.2, -0.15) is 5.10 Å². The summed E-state index contributed by atoms with van der Waals surface area (Å²) in [6.45, 7) is 0.165. The van der Waals surface area contributed by atoms with Gasteiger partial charge in [0.05, 0.1) is 22.0 Å². The number of halogens is 1. The summed E-state index contributed by atoms with van der Waals surface area (Å²) in [5.41, 5.74) is 2.28. The molecule has 2 amide bonds. The van der Waals surface area contributed by atoms with E-state index in [-0.39, 0.29) is 22.3 Å². The summed E-state index contributed by atoms with van der Waals surface area (Å²) in [6, 6.07) is 17.3. The Balaban J connectivity index is 1.62. The largest absolute Gasteiger partial charge is 0.342 e. The smallest absolute Gasteiger partial charge is 0.306 e. The first-order chi connectivity index (χ1) is 16.4. The number of benzene rings is 3. The van der Waals surface area contributed by atoms with Crippen LogP contribution in [0.25, 0.3) is 0 Å². The Labute approximate surface area is 202 Å². The maximum atomic E-state index is 13.5. The summed E-state index contributed by atoms with van der Waals surface area (Å²) in [4.78, 5) is 13.2. The molecule has 35 heavy (non-hydrogen) atoms. The SMILES string of the molecule is CS(=O)(=O)c1ccc(NC(=O)N2CC(c3ccc(S(C)(=O)=O)cc3)C(c3ccc(F)cc3)=N2)cc1. The topological polar surface area (TPSA) is 113 Å². The maximum Gasteiger partial charge on any atom is 0.342 e. The van der Waals surface area contributed by atoms with E-state index < -0.39 is 31.5 Å². The van der Waals surface area contributed by atoms with Crippen LogP contribution >= 0.6 is 0 Å². The molecule has 0 aliphatic carbocycles. The van der Waals surface area contributed by atoms with E-state index >= 15 is 0 Å². The van der Waals surface area contributed by atoms with Crippen LogP contribution in [0.4, 0.5) is 14.9 Å². The average Bonchev–Trinajstić information content (AvgIpc) is 3.24. The van der Waals surface area contributed by atoms with Crippen LogP contribution in [0.1, 0.15) is 17.0 Å². The summed E-state index contributed by atoms with van der Waals surface area (Å²) < 4.78 is 60.4. The number of amides is 2. The molecular weight excluding hydrogens is 493 g/mol. The minimum absolute atomic E-state index is 0.130. The number of sulfone groups is 2. The van der Waals surface area contributed by atoms with E-state index in [0.29, 0.717) is 17.0 Å². The fourth-order valence-corrected chi connectivity index (χ4v) is 4.95. The van der Waals surface area contributed by atoms with Gasteiger partial charge >= 0.3 is 6.03 Å². The van der Waals surface area contributed by atoms with Crippen molar-refractivity contribution in [2.45, 2.75) is 15.7 Å². The van der Waals surface area contributed by atoms with Crippen molar-refractivity contribution >= 4 is 37.1 Å². The van der Waals surface area contributed by atoms with Crippen LogP contribution in [0.2, 0.25) is 0 Å². The second kappa shape index (κ2) is 9.23. The molecular formula is C24H22FN3O5S2. The number of hydrazone groups is 1. The highest BCUT2D eigenvalue weighted by molar-refractivity contribution is 7.91. The normalized spacial score (nSPS) is 16.1. The lowest BCUT2D eigenvalue weighted by molar-refractivity contribution is 0.218. The van der Waals surface area contributed by atoms with Crippen molar-refractivity contribution in [3.63, 3.8) is 0 Å². The lowest BCUT2D eigenvalue weighted by atomic mass is 9.90. The third kappa shape index (κ3) is 5.57. The van der Waals surface area contributed by atoms with Crippen molar-refractivity contribution in [1.82, 2.24) is 5.01 Å². The summed E-state index contributed by atoms with van der Waals surface area (Å²) in [7, 11) is -6.73. The number of hydrogen-bond acceptors (Lipinski definition) is 6. The van der Waals surface area contributed by atoms with Crippen LogP contribution < -0.4 is 5.32 Å². The number of carbonyl (C=O) groups is 1. The van der Waals surface area contributed by atoms with E-state index in [0.717, 1.165) is 18.1 Å². The Hall–Kier alpha value is -3.57. The molecule has 0 saturated heterocycles. The predicted octanol–water partition coefficient (Wildman–Crippen LogP) is 3.67. The van der Waals surface area contributed by atoms with Gasteiger partial charge in [0.15, 0.2) is 19.7 Å². The Kier molecular flexibility index (Phi) is 6.48. The van der Waals surface area contributed by atoms with Crippen LogP contribution in [0.3, 0.4) is 0 Å². The fraction of sp³-hybridized carbons (Fsp3) is 0.167. The van der Waals surface area contributed by atoms with Crippen LogP contribution in [-0.2, 0) is 19.7 Å². The molecule has 0 fully saturated rings. The number of rotatable bonds is 5. The zero-order valence-corrected chi connectivity index (χ0v) is 20.5. The van der Waals surface area contributed by atoms with Gasteiger partial charge in [-0.25, -0.2) is 31.0 Å². The zero-order chi connectivity index (χ0) is 25.4. The van der Waals surface area contributed by atoms with E-state index in [1.807, 2.05) is 0 Å². The monoisotopic (exact) mass is 515 g/mol. The standard InChI is InChI=1S/C24H22FN3O5S2/c1-34(30,31)20-11-5-16(6-12-20)22-15-28(27-23(22)17-3-7-18(25)8-4-17)24(29)26-19-9-13-21(14-10-19)35(2,32)33/h3-14,22H,15H2,1-2H3,(H,26,29). The Morgan fingerprint density at radius 3 is 1.89 bits per heavy atom. The number of nitrogens with one attached hydrogen (secondary N) is 1. The lowest BCUT2D eigenvalue weighted by Crippen LogP contribution is -2.30. The molecule has 1 N–H and O–H groups in total. The summed E-state index contributed by atoms with van der Waals surface area (Å²) in [6.07, 6.45) is 2.22. The third-order valence-electron chi connectivity index (χ3n) is 5.53. The molecule has 4 rings (SSSR count). The van der Waals surface area contributed by atoms with Crippen molar-refractivity contribution in [2.75, 3.05) is 24.4 Å². The third-order valence-corrected chi connectivity index (χ3v) is 7.79. The van der Waals surface area contributed by atoms with Crippen molar-refractivity contribution in [3.8, 4) is 0 Å². The Morgan fingerprint density at radius 2 is 1.37 bits per heavy atom. The highest BCUT2D eigenvalue weighted by Crippen LogP contribution is 2.30. The van der Waals surface area contributed by atoms with E-state index in [1.165, 1.54) is 53.5 Å². The van der Waals surface area contributed by atoms with Crippen LogP contribution in [-0.4, -0.2) is 52.6 Å². The molecule has 1 aliphatic rings. The molecule has 0 radical (unpaired) electrons. The molecule has 8 nitrogen and oxygen atoms in total. The highest BCUT2D eigenvalue weighted by atomic mass is 32.2. The van der Waals surface area contributed by atoms with Crippen molar-refractivity contribution in [3.05, 3.63) is 89.7 Å². The average molecular weight is 516 g/mol. The fourth-order valence-electron chi connectivity index (χ4n) is 3.69. The van der Waals surface area contributed by atoms with E-state index in [9.17, 15) is 26.0 Å². The van der Waals surface area contributed by atoms with Crippen molar-refractivity contribution < 1.29 is 26.0 Å². The molecule has 1 atom stereocenters. The summed E-state index contributed by atoms with van der Waals surface area (Å²) >= 11 is 0. The van der Waals surface area contributed by atoms with Gasteiger partial charge in [0.2, 0.25) is 0 Å². The second-order valence-corrected chi connectivity index (χ2v) is 12.2. The number of nitrogens with zero attached hydrogens (tertiary/aromatic N) is 2. The molecule has 3 aromatic rings. The van der Waals surface area contributed by atoms with E-state index in [2.05, 4.69) is 10.4 Å². The summed E-state index contributed by atoms with van der Waals surface area (Å²) in [5.74, 6) is -0.791. The van der Waals surface area contributed by atoms with Gasteiger partial charge in [-0.15, -0.1) is 0 Å². The van der Waals surface area contributed by atoms with Gasteiger partial charge in [-0.05, 0) is 59.7 Å². The molecule has 0 spiro atoms. The van der Waals surface area contributed by atoms with Gasteiger partial charge in [0.1, 0.15) is 5.82 Å². The first kappa shape index (κ1) is 24.6. The Morgan fingerprint density at radius 1 is 0.857 bits per heavy atom. The molecule has 0 aromatic heterocycles. The van der Waals surface area contributed by atoms with Gasteiger partial charge in [-0.1, -0.05) is 24.3 Å². The van der Waals surface area contributed by atoms with Crippen molar-refractivity contribution in [1.29, 1.82) is 0 Å². The first-order valence-corrected chi connectivity index (χ1v) is 14.2. The van der Waals surface area contributed by atoms with Crippen molar-refractivity contribution in [2.24, 2.45) is 5.10 Å². The molecule has 1 aliphatic heterocycles. The highest BCUT2D eigenvalue weighted by Gasteiger charge is 2.32. The number of carbonyl (C=O) groups excluding carboxylic acids is 1. The van der Waals surface area contributed by atoms with Gasteiger partial charge in [0, 0.05) is 24.1 Å². The van der Waals surface area contributed by atoms with Gasteiger partial charge in [0.25, 0.3) is 0 Å². The van der Waals surface area contributed by atoms with E-state index in [4.69, 9.17) is 0 Å². The van der Waals surface area contributed by atoms with Crippen LogP contribution in [0.15, 0.2) is 87.7 Å². The Bertz CT molecular complexity index is 1500. The molecule has 182 valence electrons.